The number of carbonyl (C=O) groups excluding carboxylic acids is 2. The van der Waals surface area contributed by atoms with E-state index in [4.69, 9.17) is 0 Å². The SMILES string of the molecule is O=C(CNC(=O)c1ccc(Br)c(F)c1)c1ccccc1. The average molecular weight is 336 g/mol. The minimum atomic E-state index is -0.521. The molecule has 102 valence electrons. The molecule has 0 atom stereocenters. The molecule has 0 aliphatic rings. The Labute approximate surface area is 123 Å². The first-order chi connectivity index (χ1) is 9.58. The van der Waals surface area contributed by atoms with Crippen molar-refractivity contribution in [1.29, 1.82) is 0 Å². The molecule has 0 saturated heterocycles. The highest BCUT2D eigenvalue weighted by molar-refractivity contribution is 9.10. The number of hydrogen-bond donors (Lipinski definition) is 1. The van der Waals surface area contributed by atoms with Crippen molar-refractivity contribution < 1.29 is 14.0 Å². The summed E-state index contributed by atoms with van der Waals surface area (Å²) in [6.45, 7) is -0.124. The number of benzene rings is 2. The lowest BCUT2D eigenvalue weighted by molar-refractivity contribution is 0.0904. The first-order valence-corrected chi connectivity index (χ1v) is 6.69. The molecular formula is C15H11BrFNO2. The van der Waals surface area contributed by atoms with Gasteiger partial charge in [0.1, 0.15) is 5.82 Å². The van der Waals surface area contributed by atoms with E-state index in [0.717, 1.165) is 6.07 Å². The van der Waals surface area contributed by atoms with Crippen LogP contribution in [0.25, 0.3) is 0 Å². The molecular weight excluding hydrogens is 325 g/mol. The van der Waals surface area contributed by atoms with Gasteiger partial charge in [-0.15, -0.1) is 0 Å². The zero-order valence-electron chi connectivity index (χ0n) is 10.4. The van der Waals surface area contributed by atoms with E-state index in [2.05, 4.69) is 21.2 Å². The Kier molecular flexibility index (Phi) is 4.63. The molecule has 1 amide bonds. The third kappa shape index (κ3) is 3.51. The zero-order valence-corrected chi connectivity index (χ0v) is 12.0. The maximum atomic E-state index is 13.3. The predicted molar refractivity (Wildman–Crippen MR) is 77.2 cm³/mol. The van der Waals surface area contributed by atoms with Crippen LogP contribution < -0.4 is 5.32 Å². The van der Waals surface area contributed by atoms with Crippen LogP contribution in [0.15, 0.2) is 53.0 Å². The highest BCUT2D eigenvalue weighted by atomic mass is 79.9. The van der Waals surface area contributed by atoms with Gasteiger partial charge < -0.3 is 5.32 Å². The molecule has 2 rings (SSSR count). The first-order valence-electron chi connectivity index (χ1n) is 5.89. The molecule has 0 radical (unpaired) electrons. The molecule has 0 aromatic heterocycles. The Balaban J connectivity index is 1.98. The Morgan fingerprint density at radius 1 is 1.05 bits per heavy atom. The van der Waals surface area contributed by atoms with E-state index in [-0.39, 0.29) is 22.4 Å². The van der Waals surface area contributed by atoms with Crippen molar-refractivity contribution in [3.8, 4) is 0 Å². The van der Waals surface area contributed by atoms with Crippen LogP contribution in [0.4, 0.5) is 4.39 Å². The highest BCUT2D eigenvalue weighted by Crippen LogP contribution is 2.16. The lowest BCUT2D eigenvalue weighted by atomic mass is 10.1. The van der Waals surface area contributed by atoms with Crippen molar-refractivity contribution in [2.75, 3.05) is 6.54 Å². The van der Waals surface area contributed by atoms with E-state index in [9.17, 15) is 14.0 Å². The van der Waals surface area contributed by atoms with Crippen LogP contribution in [0.2, 0.25) is 0 Å². The Hall–Kier alpha value is -2.01. The topological polar surface area (TPSA) is 46.2 Å². The molecule has 2 aromatic carbocycles. The van der Waals surface area contributed by atoms with Gasteiger partial charge in [-0.3, -0.25) is 9.59 Å². The molecule has 0 bridgehead atoms. The van der Waals surface area contributed by atoms with E-state index < -0.39 is 11.7 Å². The summed E-state index contributed by atoms with van der Waals surface area (Å²) in [5.41, 5.74) is 0.696. The average Bonchev–Trinajstić information content (AvgIpc) is 2.48. The van der Waals surface area contributed by atoms with Gasteiger partial charge >= 0.3 is 0 Å². The molecule has 2 aromatic rings. The monoisotopic (exact) mass is 335 g/mol. The van der Waals surface area contributed by atoms with Gasteiger partial charge in [0.05, 0.1) is 11.0 Å². The number of halogens is 2. The standard InChI is InChI=1S/C15H11BrFNO2/c16-12-7-6-11(8-13(12)17)15(20)18-9-14(19)10-4-2-1-3-5-10/h1-8H,9H2,(H,18,20). The fraction of sp³-hybridized carbons (Fsp3) is 0.0667. The lowest BCUT2D eigenvalue weighted by Gasteiger charge is -2.05. The van der Waals surface area contributed by atoms with E-state index in [1.54, 1.807) is 30.3 Å². The van der Waals surface area contributed by atoms with Gasteiger partial charge in [-0.05, 0) is 34.1 Å². The third-order valence-electron chi connectivity index (χ3n) is 2.69. The fourth-order valence-corrected chi connectivity index (χ4v) is 1.87. The van der Waals surface area contributed by atoms with Gasteiger partial charge in [0.2, 0.25) is 0 Å². The van der Waals surface area contributed by atoms with Crippen molar-refractivity contribution in [3.05, 3.63) is 69.9 Å². The van der Waals surface area contributed by atoms with Crippen molar-refractivity contribution in [3.63, 3.8) is 0 Å². The second-order valence-corrected chi connectivity index (χ2v) is 4.96. The molecule has 3 nitrogen and oxygen atoms in total. The molecule has 0 saturated carbocycles. The summed E-state index contributed by atoms with van der Waals surface area (Å²) in [6.07, 6.45) is 0. The molecule has 0 spiro atoms. The minimum Gasteiger partial charge on any atom is -0.345 e. The Morgan fingerprint density at radius 2 is 1.75 bits per heavy atom. The van der Waals surface area contributed by atoms with E-state index in [1.165, 1.54) is 12.1 Å². The summed E-state index contributed by atoms with van der Waals surface area (Å²) in [5.74, 6) is -1.20. The molecule has 5 heteroatoms. The number of nitrogens with one attached hydrogen (secondary N) is 1. The summed E-state index contributed by atoms with van der Waals surface area (Å²) in [7, 11) is 0. The number of rotatable bonds is 4. The molecule has 20 heavy (non-hydrogen) atoms. The van der Waals surface area contributed by atoms with E-state index in [0.29, 0.717) is 5.56 Å². The van der Waals surface area contributed by atoms with Crippen LogP contribution in [-0.4, -0.2) is 18.2 Å². The molecule has 0 fully saturated rings. The molecule has 1 N–H and O–H groups in total. The third-order valence-corrected chi connectivity index (χ3v) is 3.33. The minimum absolute atomic E-state index is 0.124. The fourth-order valence-electron chi connectivity index (χ4n) is 1.63. The number of Topliss-reactive ketones (excluding diaryl/α,β-unsaturated/α-hetero) is 1. The largest absolute Gasteiger partial charge is 0.345 e. The summed E-state index contributed by atoms with van der Waals surface area (Å²) < 4.78 is 13.6. The molecule has 0 heterocycles. The van der Waals surface area contributed by atoms with Gasteiger partial charge in [0, 0.05) is 11.1 Å². The van der Waals surface area contributed by atoms with Crippen molar-refractivity contribution in [2.24, 2.45) is 0 Å². The van der Waals surface area contributed by atoms with E-state index >= 15 is 0 Å². The molecule has 0 unspecified atom stereocenters. The quantitative estimate of drug-likeness (QED) is 0.872. The van der Waals surface area contributed by atoms with Gasteiger partial charge in [-0.25, -0.2) is 4.39 Å². The maximum absolute atomic E-state index is 13.3. The summed E-state index contributed by atoms with van der Waals surface area (Å²) in [6, 6.07) is 12.7. The Bertz CT molecular complexity index is 644. The summed E-state index contributed by atoms with van der Waals surface area (Å²) in [4.78, 5) is 23.6. The van der Waals surface area contributed by atoms with Gasteiger partial charge in [0.25, 0.3) is 5.91 Å². The smallest absolute Gasteiger partial charge is 0.251 e. The van der Waals surface area contributed by atoms with Crippen LogP contribution in [0.5, 0.6) is 0 Å². The number of ketones is 1. The number of amides is 1. The van der Waals surface area contributed by atoms with Crippen molar-refractivity contribution in [1.82, 2.24) is 5.32 Å². The molecule has 0 aliphatic carbocycles. The first kappa shape index (κ1) is 14.4. The van der Waals surface area contributed by atoms with Gasteiger partial charge in [-0.2, -0.15) is 0 Å². The highest BCUT2D eigenvalue weighted by Gasteiger charge is 2.11. The van der Waals surface area contributed by atoms with Crippen LogP contribution in [0.1, 0.15) is 20.7 Å². The second-order valence-electron chi connectivity index (χ2n) is 4.10. The predicted octanol–water partition coefficient (Wildman–Crippen LogP) is 3.20. The summed E-state index contributed by atoms with van der Waals surface area (Å²) in [5, 5.41) is 2.47. The zero-order chi connectivity index (χ0) is 14.5. The van der Waals surface area contributed by atoms with E-state index in [1.807, 2.05) is 0 Å². The maximum Gasteiger partial charge on any atom is 0.251 e. The van der Waals surface area contributed by atoms with Crippen LogP contribution >= 0.6 is 15.9 Å². The van der Waals surface area contributed by atoms with Gasteiger partial charge in [0.15, 0.2) is 5.78 Å². The number of hydrogen-bond acceptors (Lipinski definition) is 2. The number of carbonyl (C=O) groups is 2. The normalized spacial score (nSPS) is 10.1. The second kappa shape index (κ2) is 6.43. The summed E-state index contributed by atoms with van der Waals surface area (Å²) >= 11 is 3.01. The van der Waals surface area contributed by atoms with Crippen molar-refractivity contribution in [2.45, 2.75) is 0 Å². The van der Waals surface area contributed by atoms with Crippen LogP contribution in [0.3, 0.4) is 0 Å². The lowest BCUT2D eigenvalue weighted by Crippen LogP contribution is -2.29. The van der Waals surface area contributed by atoms with Crippen LogP contribution in [0, 0.1) is 5.82 Å². The van der Waals surface area contributed by atoms with Crippen molar-refractivity contribution >= 4 is 27.6 Å². The molecule has 0 aliphatic heterocycles. The van der Waals surface area contributed by atoms with Crippen LogP contribution in [-0.2, 0) is 0 Å². The Morgan fingerprint density at radius 3 is 2.40 bits per heavy atom. The van der Waals surface area contributed by atoms with Gasteiger partial charge in [-0.1, -0.05) is 30.3 Å².